The van der Waals surface area contributed by atoms with Gasteiger partial charge in [-0.15, -0.1) is 0 Å². The van der Waals surface area contributed by atoms with Crippen LogP contribution in [-0.2, 0) is 42.9 Å². The first-order valence-electron chi connectivity index (χ1n) is 16.4. The number of fused-ring (bicyclic) bond motifs is 2. The molecule has 1 aromatic rings. The van der Waals surface area contributed by atoms with Crippen molar-refractivity contribution < 1.29 is 47.7 Å². The lowest BCUT2D eigenvalue weighted by Gasteiger charge is -2.65. The summed E-state index contributed by atoms with van der Waals surface area (Å²) >= 11 is 0. The molecular weight excluding hydrogens is 594 g/mol. The third kappa shape index (κ3) is 4.15. The molecule has 1 spiro atoms. The lowest BCUT2D eigenvalue weighted by Crippen LogP contribution is -2.74. The van der Waals surface area contributed by atoms with Gasteiger partial charge >= 0.3 is 29.8 Å². The number of methoxy groups -OCH3 is 1. The number of hydrogen-bond donors (Lipinski definition) is 0. The van der Waals surface area contributed by atoms with Crippen LogP contribution in [-0.4, -0.2) is 83.4 Å². The van der Waals surface area contributed by atoms with Crippen molar-refractivity contribution >= 4 is 29.8 Å². The van der Waals surface area contributed by atoms with Gasteiger partial charge in [-0.2, -0.15) is 0 Å². The highest BCUT2D eigenvalue weighted by molar-refractivity contribution is 5.94. The molecule has 12 unspecified atom stereocenters. The lowest BCUT2D eigenvalue weighted by atomic mass is 9.52. The molecule has 0 aromatic heterocycles. The first-order valence-corrected chi connectivity index (χ1v) is 16.4. The Morgan fingerprint density at radius 3 is 2.17 bits per heavy atom. The summed E-state index contributed by atoms with van der Waals surface area (Å²) in [6, 6.07) is 8.82. The maximum absolute atomic E-state index is 14.1. The van der Waals surface area contributed by atoms with Crippen LogP contribution >= 0.6 is 0 Å². The van der Waals surface area contributed by atoms with E-state index in [9.17, 15) is 24.0 Å². The Balaban J connectivity index is 1.49. The van der Waals surface area contributed by atoms with Crippen molar-refractivity contribution in [3.05, 3.63) is 47.0 Å². The molecule has 7 rings (SSSR count). The summed E-state index contributed by atoms with van der Waals surface area (Å²) in [5.74, 6) is -3.94. The Morgan fingerprint density at radius 1 is 0.826 bits per heavy atom. The second kappa shape index (κ2) is 10.9. The molecular formula is C35H41NO10. The number of carbonyl (C=O) groups excluding carboxylic acids is 5. The van der Waals surface area contributed by atoms with Crippen LogP contribution in [0.2, 0.25) is 0 Å². The maximum Gasteiger partial charge on any atom is 0.338 e. The second-order valence-electron chi connectivity index (χ2n) is 13.9. The smallest absolute Gasteiger partial charge is 0.338 e. The summed E-state index contributed by atoms with van der Waals surface area (Å²) in [6.45, 7) is 6.18. The molecule has 3 saturated heterocycles. The van der Waals surface area contributed by atoms with Crippen LogP contribution in [0.4, 0.5) is 0 Å². The first kappa shape index (κ1) is 30.9. The molecule has 11 nitrogen and oxygen atoms in total. The molecule has 3 aliphatic carbocycles. The number of carbonyl (C=O) groups is 5. The fourth-order valence-electron chi connectivity index (χ4n) is 11.0. The minimum Gasteiger partial charge on any atom is -0.466 e. The Kier molecular flexibility index (Phi) is 7.34. The number of nitrogens with zero attached hydrogens (tertiary/aromatic N) is 1. The van der Waals surface area contributed by atoms with Gasteiger partial charge in [-0.25, -0.2) is 9.59 Å². The fraction of sp³-hybridized carbons (Fsp3) is 0.629. The van der Waals surface area contributed by atoms with E-state index in [0.29, 0.717) is 30.4 Å². The highest BCUT2D eigenvalue weighted by Crippen LogP contribution is 2.76. The van der Waals surface area contributed by atoms with Crippen LogP contribution in [0.5, 0.6) is 0 Å². The first-order chi connectivity index (χ1) is 21.9. The average Bonchev–Trinajstić information content (AvgIpc) is 3.41. The molecule has 2 saturated carbocycles. The van der Waals surface area contributed by atoms with Gasteiger partial charge < -0.3 is 23.7 Å². The Morgan fingerprint density at radius 2 is 1.52 bits per heavy atom. The summed E-state index contributed by atoms with van der Waals surface area (Å²) < 4.78 is 30.1. The molecule has 12 atom stereocenters. The average molecular weight is 636 g/mol. The van der Waals surface area contributed by atoms with Crippen molar-refractivity contribution in [2.24, 2.45) is 23.7 Å². The Labute approximate surface area is 267 Å². The molecule has 0 amide bonds. The fourth-order valence-corrected chi connectivity index (χ4v) is 11.0. The topological polar surface area (TPSA) is 135 Å². The summed E-state index contributed by atoms with van der Waals surface area (Å²) in [4.78, 5) is 68.6. The van der Waals surface area contributed by atoms with Gasteiger partial charge in [0.25, 0.3) is 0 Å². The molecule has 6 aliphatic rings. The Hall–Kier alpha value is -3.73. The summed E-state index contributed by atoms with van der Waals surface area (Å²) in [5.41, 5.74) is -0.623. The second-order valence-corrected chi connectivity index (χ2v) is 13.9. The zero-order valence-corrected chi connectivity index (χ0v) is 26.9. The number of ether oxygens (including phenoxy) is 5. The zero-order valence-electron chi connectivity index (χ0n) is 26.9. The van der Waals surface area contributed by atoms with Crippen LogP contribution < -0.4 is 0 Å². The molecule has 1 aromatic carbocycles. The summed E-state index contributed by atoms with van der Waals surface area (Å²) in [6.07, 6.45) is 0.994. The minimum atomic E-state index is -1.20. The standard InChI is InChI=1S/C35H41NO10/c1-17-11-12-23-25-15-22-16-34(23,46-20(4)39)31-28(33(41)42-5)30(44-19(3)38)27-24(35(22,31)36(17)25)13-14-26(43-18(2)37)29(27)45-32(40)21-9-7-6-8-10-21/h6-10,17,22-27,29-30H,11-16H2,1-5H3. The largest absolute Gasteiger partial charge is 0.466 e. The van der Waals surface area contributed by atoms with Crippen LogP contribution in [0.1, 0.15) is 76.6 Å². The van der Waals surface area contributed by atoms with Gasteiger partial charge in [-0.1, -0.05) is 18.2 Å². The highest BCUT2D eigenvalue weighted by atomic mass is 16.6. The van der Waals surface area contributed by atoms with Gasteiger partial charge in [0.15, 0.2) is 0 Å². The van der Waals surface area contributed by atoms with E-state index >= 15 is 0 Å². The van der Waals surface area contributed by atoms with Crippen molar-refractivity contribution in [1.82, 2.24) is 4.90 Å². The van der Waals surface area contributed by atoms with Gasteiger partial charge in [0, 0.05) is 50.3 Å². The van der Waals surface area contributed by atoms with Crippen LogP contribution in [0.3, 0.4) is 0 Å². The van der Waals surface area contributed by atoms with Crippen molar-refractivity contribution in [1.29, 1.82) is 0 Å². The Bertz CT molecular complexity index is 1520. The van der Waals surface area contributed by atoms with Crippen molar-refractivity contribution in [3.63, 3.8) is 0 Å². The molecule has 246 valence electrons. The summed E-state index contributed by atoms with van der Waals surface area (Å²) in [7, 11) is 1.28. The van der Waals surface area contributed by atoms with E-state index in [4.69, 9.17) is 23.7 Å². The van der Waals surface area contributed by atoms with Crippen molar-refractivity contribution in [2.75, 3.05) is 7.11 Å². The van der Waals surface area contributed by atoms with Crippen LogP contribution in [0, 0.1) is 23.7 Å². The summed E-state index contributed by atoms with van der Waals surface area (Å²) in [5, 5.41) is 0. The maximum atomic E-state index is 14.1. The van der Waals surface area contributed by atoms with E-state index in [2.05, 4.69) is 11.8 Å². The van der Waals surface area contributed by atoms with E-state index in [1.54, 1.807) is 30.3 Å². The molecule has 5 bridgehead atoms. The number of hydrogen-bond acceptors (Lipinski definition) is 11. The van der Waals surface area contributed by atoms with Crippen LogP contribution in [0.25, 0.3) is 0 Å². The molecule has 3 aliphatic heterocycles. The van der Waals surface area contributed by atoms with E-state index in [-0.39, 0.29) is 35.4 Å². The monoisotopic (exact) mass is 635 g/mol. The minimum absolute atomic E-state index is 0.0323. The molecule has 3 heterocycles. The molecule has 46 heavy (non-hydrogen) atoms. The predicted octanol–water partition coefficient (Wildman–Crippen LogP) is 3.53. The predicted molar refractivity (Wildman–Crippen MR) is 160 cm³/mol. The molecule has 5 fully saturated rings. The van der Waals surface area contributed by atoms with Gasteiger partial charge in [0.1, 0.15) is 23.9 Å². The van der Waals surface area contributed by atoms with Crippen LogP contribution in [0.15, 0.2) is 41.5 Å². The van der Waals surface area contributed by atoms with Crippen molar-refractivity contribution in [2.45, 2.75) is 108 Å². The van der Waals surface area contributed by atoms with Crippen molar-refractivity contribution in [3.8, 4) is 0 Å². The third-order valence-corrected chi connectivity index (χ3v) is 11.8. The third-order valence-electron chi connectivity index (χ3n) is 11.8. The quantitative estimate of drug-likeness (QED) is 0.336. The van der Waals surface area contributed by atoms with E-state index in [0.717, 1.165) is 19.3 Å². The number of esters is 5. The van der Waals surface area contributed by atoms with E-state index in [1.165, 1.54) is 27.9 Å². The molecule has 11 heteroatoms. The zero-order chi connectivity index (χ0) is 32.7. The lowest BCUT2D eigenvalue weighted by molar-refractivity contribution is -0.201. The van der Waals surface area contributed by atoms with Gasteiger partial charge in [-0.05, 0) is 69.4 Å². The normalized spacial score (nSPS) is 41.2. The van der Waals surface area contributed by atoms with Gasteiger partial charge in [-0.3, -0.25) is 19.3 Å². The van der Waals surface area contributed by atoms with E-state index in [1.807, 2.05) is 0 Å². The van der Waals surface area contributed by atoms with E-state index < -0.39 is 65.2 Å². The SMILES string of the molecule is COC(=O)C1=C2C3(OC(C)=O)CC4CC5C3CCC(C)N5C24C2CCC(OC(C)=O)C(OC(=O)c3ccccc3)C2C1OC(C)=O. The number of rotatable bonds is 6. The van der Waals surface area contributed by atoms with Gasteiger partial charge in [0.05, 0.1) is 23.8 Å². The molecule has 0 radical (unpaired) electrons. The molecule has 0 N–H and O–H groups in total. The highest BCUT2D eigenvalue weighted by Gasteiger charge is 2.83. The number of piperidine rings is 2. The number of benzene rings is 1. The van der Waals surface area contributed by atoms with Gasteiger partial charge in [0.2, 0.25) is 0 Å².